The SMILES string of the molecule is COc1ccc(C=NNC2=NC(CC(=O)Nc3ccccc3F)C(=O)N2)cc1OC. The average Bonchev–Trinajstić information content (AvgIpc) is 3.08. The molecule has 1 atom stereocenters. The lowest BCUT2D eigenvalue weighted by molar-refractivity contribution is -0.123. The quantitative estimate of drug-likeness (QED) is 0.472. The largest absolute Gasteiger partial charge is 0.493 e. The van der Waals surface area contributed by atoms with Crippen LogP contribution in [0.3, 0.4) is 0 Å². The molecule has 1 aliphatic heterocycles. The van der Waals surface area contributed by atoms with Crippen molar-refractivity contribution >= 4 is 29.7 Å². The van der Waals surface area contributed by atoms with Crippen LogP contribution in [0.25, 0.3) is 0 Å². The fourth-order valence-electron chi connectivity index (χ4n) is 2.68. The number of amides is 2. The van der Waals surface area contributed by atoms with E-state index in [-0.39, 0.29) is 18.1 Å². The Balaban J connectivity index is 1.57. The minimum absolute atomic E-state index is 0.0442. The predicted molar refractivity (Wildman–Crippen MR) is 109 cm³/mol. The Labute approximate surface area is 172 Å². The first-order chi connectivity index (χ1) is 14.5. The molecule has 0 fully saturated rings. The average molecular weight is 413 g/mol. The van der Waals surface area contributed by atoms with Gasteiger partial charge in [0.25, 0.3) is 5.91 Å². The van der Waals surface area contributed by atoms with Crippen LogP contribution in [0.2, 0.25) is 0 Å². The number of nitrogens with zero attached hydrogens (tertiary/aromatic N) is 2. The standard InChI is InChI=1S/C20H20FN5O4/c1-29-16-8-7-12(9-17(16)30-2)11-22-26-20-24-15(19(28)25-20)10-18(27)23-14-6-4-3-5-13(14)21/h3-9,11,15H,10H2,1-2H3,(H,23,27)(H2,24,25,26,28). The molecule has 1 heterocycles. The van der Waals surface area contributed by atoms with Crippen LogP contribution in [0.5, 0.6) is 11.5 Å². The number of hydrogen-bond acceptors (Lipinski definition) is 7. The zero-order valence-electron chi connectivity index (χ0n) is 16.3. The van der Waals surface area contributed by atoms with Crippen molar-refractivity contribution in [2.24, 2.45) is 10.1 Å². The topological polar surface area (TPSA) is 113 Å². The Kier molecular flexibility index (Phi) is 6.58. The van der Waals surface area contributed by atoms with Crippen LogP contribution in [-0.2, 0) is 9.59 Å². The molecule has 156 valence electrons. The molecule has 30 heavy (non-hydrogen) atoms. The van der Waals surface area contributed by atoms with Gasteiger partial charge in [-0.25, -0.2) is 14.8 Å². The first-order valence-corrected chi connectivity index (χ1v) is 8.94. The summed E-state index contributed by atoms with van der Waals surface area (Å²) in [5.74, 6) is -0.292. The minimum Gasteiger partial charge on any atom is -0.493 e. The first-order valence-electron chi connectivity index (χ1n) is 8.94. The Bertz CT molecular complexity index is 1010. The summed E-state index contributed by atoms with van der Waals surface area (Å²) >= 11 is 0. The van der Waals surface area contributed by atoms with Gasteiger partial charge >= 0.3 is 0 Å². The van der Waals surface area contributed by atoms with Crippen molar-refractivity contribution in [2.45, 2.75) is 12.5 Å². The lowest BCUT2D eigenvalue weighted by Crippen LogP contribution is -2.35. The summed E-state index contributed by atoms with van der Waals surface area (Å²) in [6.07, 6.45) is 1.28. The molecular weight excluding hydrogens is 393 g/mol. The van der Waals surface area contributed by atoms with Crippen LogP contribution in [0.1, 0.15) is 12.0 Å². The molecule has 2 amide bonds. The van der Waals surface area contributed by atoms with E-state index < -0.39 is 23.7 Å². The maximum Gasteiger partial charge on any atom is 0.252 e. The lowest BCUT2D eigenvalue weighted by atomic mass is 10.2. The molecule has 0 aromatic heterocycles. The Morgan fingerprint density at radius 3 is 2.73 bits per heavy atom. The number of para-hydroxylation sites is 1. The van der Waals surface area contributed by atoms with E-state index in [4.69, 9.17) is 9.47 Å². The number of ether oxygens (including phenoxy) is 2. The molecule has 3 rings (SSSR count). The van der Waals surface area contributed by atoms with E-state index in [1.807, 2.05) is 0 Å². The Hall–Kier alpha value is -3.95. The zero-order chi connectivity index (χ0) is 21.5. The molecule has 10 heteroatoms. The number of halogens is 1. The third-order valence-corrected chi connectivity index (χ3v) is 4.15. The number of aliphatic imine (C=N–C) groups is 1. The molecule has 0 saturated heterocycles. The lowest BCUT2D eigenvalue weighted by Gasteiger charge is -2.07. The summed E-state index contributed by atoms with van der Waals surface area (Å²) in [6, 6.07) is 10.1. The predicted octanol–water partition coefficient (Wildman–Crippen LogP) is 1.65. The number of benzene rings is 2. The summed E-state index contributed by atoms with van der Waals surface area (Å²) in [6.45, 7) is 0. The fraction of sp³-hybridized carbons (Fsp3) is 0.200. The van der Waals surface area contributed by atoms with E-state index in [1.165, 1.54) is 31.5 Å². The van der Waals surface area contributed by atoms with Gasteiger partial charge in [-0.3, -0.25) is 14.9 Å². The van der Waals surface area contributed by atoms with Crippen molar-refractivity contribution in [3.05, 3.63) is 53.8 Å². The highest BCUT2D eigenvalue weighted by Crippen LogP contribution is 2.26. The second-order valence-corrected chi connectivity index (χ2v) is 6.20. The van der Waals surface area contributed by atoms with Gasteiger partial charge in [0.1, 0.15) is 11.9 Å². The van der Waals surface area contributed by atoms with E-state index >= 15 is 0 Å². The summed E-state index contributed by atoms with van der Waals surface area (Å²) in [4.78, 5) is 28.2. The highest BCUT2D eigenvalue weighted by Gasteiger charge is 2.28. The maximum absolute atomic E-state index is 13.6. The van der Waals surface area contributed by atoms with Crippen molar-refractivity contribution in [3.63, 3.8) is 0 Å². The van der Waals surface area contributed by atoms with Crippen molar-refractivity contribution in [2.75, 3.05) is 19.5 Å². The summed E-state index contributed by atoms with van der Waals surface area (Å²) in [5.41, 5.74) is 3.38. The molecule has 3 N–H and O–H groups in total. The van der Waals surface area contributed by atoms with Crippen LogP contribution in [-0.4, -0.2) is 44.2 Å². The van der Waals surface area contributed by atoms with E-state index in [2.05, 4.69) is 26.2 Å². The number of carbonyl (C=O) groups excluding carboxylic acids is 2. The molecule has 0 spiro atoms. The molecule has 0 radical (unpaired) electrons. The summed E-state index contributed by atoms with van der Waals surface area (Å²) in [5, 5.41) is 8.94. The van der Waals surface area contributed by atoms with Crippen LogP contribution in [0, 0.1) is 5.82 Å². The summed E-state index contributed by atoms with van der Waals surface area (Å²) < 4.78 is 24.0. The third kappa shape index (κ3) is 5.10. The van der Waals surface area contributed by atoms with Crippen molar-refractivity contribution in [3.8, 4) is 11.5 Å². The monoisotopic (exact) mass is 413 g/mol. The molecule has 1 unspecified atom stereocenters. The molecule has 1 aliphatic rings. The number of rotatable bonds is 7. The number of hydrogen-bond donors (Lipinski definition) is 3. The molecule has 2 aromatic carbocycles. The van der Waals surface area contributed by atoms with Gasteiger partial charge in [0.15, 0.2) is 11.5 Å². The van der Waals surface area contributed by atoms with E-state index in [1.54, 1.807) is 31.4 Å². The smallest absolute Gasteiger partial charge is 0.252 e. The minimum atomic E-state index is -0.935. The van der Waals surface area contributed by atoms with Crippen LogP contribution < -0.4 is 25.5 Å². The fourth-order valence-corrected chi connectivity index (χ4v) is 2.68. The zero-order valence-corrected chi connectivity index (χ0v) is 16.3. The highest BCUT2D eigenvalue weighted by molar-refractivity contribution is 6.07. The van der Waals surface area contributed by atoms with Crippen molar-refractivity contribution in [1.82, 2.24) is 10.7 Å². The number of anilines is 1. The summed E-state index contributed by atoms with van der Waals surface area (Å²) in [7, 11) is 3.07. The van der Waals surface area contributed by atoms with E-state index in [0.717, 1.165) is 5.56 Å². The third-order valence-electron chi connectivity index (χ3n) is 4.15. The van der Waals surface area contributed by atoms with Gasteiger partial charge in [0.05, 0.1) is 32.5 Å². The first kappa shape index (κ1) is 20.8. The van der Waals surface area contributed by atoms with Crippen LogP contribution >= 0.6 is 0 Å². The van der Waals surface area contributed by atoms with Gasteiger partial charge in [-0.1, -0.05) is 12.1 Å². The molecular formula is C20H20FN5O4. The number of guanidine groups is 1. The van der Waals surface area contributed by atoms with Gasteiger partial charge in [0.2, 0.25) is 11.9 Å². The Morgan fingerprint density at radius 1 is 1.23 bits per heavy atom. The van der Waals surface area contributed by atoms with E-state index in [0.29, 0.717) is 11.5 Å². The normalized spacial score (nSPS) is 15.5. The Morgan fingerprint density at radius 2 is 2.00 bits per heavy atom. The van der Waals surface area contributed by atoms with E-state index in [9.17, 15) is 14.0 Å². The number of hydrazone groups is 1. The van der Waals surface area contributed by atoms with Gasteiger partial charge in [-0.05, 0) is 35.9 Å². The maximum atomic E-state index is 13.6. The highest BCUT2D eigenvalue weighted by atomic mass is 19.1. The van der Waals surface area contributed by atoms with Gasteiger partial charge < -0.3 is 14.8 Å². The molecule has 0 saturated carbocycles. The molecule has 0 aliphatic carbocycles. The van der Waals surface area contributed by atoms with Gasteiger partial charge in [-0.15, -0.1) is 0 Å². The molecule has 9 nitrogen and oxygen atoms in total. The molecule has 0 bridgehead atoms. The van der Waals surface area contributed by atoms with Gasteiger partial charge in [0, 0.05) is 0 Å². The van der Waals surface area contributed by atoms with Crippen LogP contribution in [0.15, 0.2) is 52.6 Å². The van der Waals surface area contributed by atoms with Gasteiger partial charge in [-0.2, -0.15) is 5.10 Å². The number of nitrogens with one attached hydrogen (secondary N) is 3. The second-order valence-electron chi connectivity index (χ2n) is 6.20. The number of carbonyl (C=O) groups is 2. The van der Waals surface area contributed by atoms with Crippen molar-refractivity contribution in [1.29, 1.82) is 0 Å². The van der Waals surface area contributed by atoms with Crippen LogP contribution in [0.4, 0.5) is 10.1 Å². The number of methoxy groups -OCH3 is 2. The second kappa shape index (κ2) is 9.50. The van der Waals surface area contributed by atoms with Crippen molar-refractivity contribution < 1.29 is 23.5 Å². The molecule has 2 aromatic rings.